The van der Waals surface area contributed by atoms with Gasteiger partial charge < -0.3 is 5.32 Å². The summed E-state index contributed by atoms with van der Waals surface area (Å²) in [4.78, 5) is 2.87. The average Bonchev–Trinajstić information content (AvgIpc) is 2.99. The van der Waals surface area contributed by atoms with Crippen LogP contribution in [-0.4, -0.2) is 39.1 Å². The van der Waals surface area contributed by atoms with Crippen LogP contribution < -0.4 is 5.32 Å². The summed E-state index contributed by atoms with van der Waals surface area (Å²) in [6.45, 7) is -0.00733. The van der Waals surface area contributed by atoms with Crippen molar-refractivity contribution >= 4 is 32.3 Å². The number of pyridine rings is 1. The van der Waals surface area contributed by atoms with Crippen molar-refractivity contribution < 1.29 is 25.6 Å². The molecular formula is C18H18ClF2N3O4S2. The fourth-order valence-electron chi connectivity index (χ4n) is 2.79. The highest BCUT2D eigenvalue weighted by molar-refractivity contribution is 7.91. The van der Waals surface area contributed by atoms with Crippen molar-refractivity contribution in [3.63, 3.8) is 0 Å². The van der Waals surface area contributed by atoms with Crippen LogP contribution >= 0.6 is 12.4 Å². The van der Waals surface area contributed by atoms with E-state index in [2.05, 4.69) is 10.3 Å². The van der Waals surface area contributed by atoms with Gasteiger partial charge in [0.25, 0.3) is 10.0 Å². The zero-order chi connectivity index (χ0) is 21.4. The second kappa shape index (κ2) is 8.80. The zero-order valence-corrected chi connectivity index (χ0v) is 18.3. The summed E-state index contributed by atoms with van der Waals surface area (Å²) in [7, 11) is -6.58. The number of nitrogens with one attached hydrogen (secondary N) is 1. The summed E-state index contributed by atoms with van der Waals surface area (Å²) in [6.07, 6.45) is 3.13. The van der Waals surface area contributed by atoms with E-state index >= 15 is 4.39 Å². The van der Waals surface area contributed by atoms with E-state index in [4.69, 9.17) is 0 Å². The molecule has 0 aliphatic carbocycles. The molecule has 162 valence electrons. The lowest BCUT2D eigenvalue weighted by Crippen LogP contribution is -2.15. The molecule has 1 N–H and O–H groups in total. The second-order valence-electron chi connectivity index (χ2n) is 6.24. The number of hydrogen-bond donors (Lipinski definition) is 1. The molecule has 0 saturated carbocycles. The predicted molar refractivity (Wildman–Crippen MR) is 110 cm³/mol. The quantitative estimate of drug-likeness (QED) is 0.548. The van der Waals surface area contributed by atoms with Crippen molar-refractivity contribution in [3.05, 3.63) is 66.1 Å². The number of halogens is 3. The van der Waals surface area contributed by atoms with Crippen LogP contribution in [-0.2, 0) is 26.4 Å². The highest BCUT2D eigenvalue weighted by Crippen LogP contribution is 2.32. The molecule has 3 aromatic rings. The first kappa shape index (κ1) is 23.9. The minimum absolute atomic E-state index is 0. The number of benzene rings is 1. The monoisotopic (exact) mass is 477 g/mol. The largest absolute Gasteiger partial charge is 0.316 e. The van der Waals surface area contributed by atoms with E-state index in [1.54, 1.807) is 7.05 Å². The van der Waals surface area contributed by atoms with E-state index in [1.165, 1.54) is 30.3 Å². The smallest absolute Gasteiger partial charge is 0.268 e. The standard InChI is InChI=1S/C18H17F2N3O4S2.ClH/c1-21-10-12-11-23(17(16(12)19)15-7-4-8-22-18(15)20)29(26,27)14-6-3-5-13(9-14)28(2,24)25;/h3-9,11,21H,10H2,1-2H3;1H. The summed E-state index contributed by atoms with van der Waals surface area (Å²) >= 11 is 0. The fourth-order valence-corrected chi connectivity index (χ4v) is 4.97. The molecular weight excluding hydrogens is 460 g/mol. The fraction of sp³-hybridized carbons (Fsp3) is 0.167. The van der Waals surface area contributed by atoms with Crippen molar-refractivity contribution in [2.45, 2.75) is 16.3 Å². The van der Waals surface area contributed by atoms with Crippen molar-refractivity contribution in [3.8, 4) is 11.3 Å². The van der Waals surface area contributed by atoms with Crippen LogP contribution in [0.5, 0.6) is 0 Å². The Morgan fingerprint density at radius 2 is 1.73 bits per heavy atom. The second-order valence-corrected chi connectivity index (χ2v) is 10.1. The number of aromatic nitrogens is 2. The van der Waals surface area contributed by atoms with E-state index in [1.807, 2.05) is 0 Å². The normalized spacial score (nSPS) is 11.9. The molecule has 0 unspecified atom stereocenters. The van der Waals surface area contributed by atoms with Crippen LogP contribution in [0.2, 0.25) is 0 Å². The first-order valence-electron chi connectivity index (χ1n) is 8.28. The molecule has 7 nitrogen and oxygen atoms in total. The highest BCUT2D eigenvalue weighted by atomic mass is 35.5. The number of nitrogens with zero attached hydrogens (tertiary/aromatic N) is 2. The number of rotatable bonds is 6. The summed E-state index contributed by atoms with van der Waals surface area (Å²) in [5, 5.41) is 2.71. The molecule has 0 fully saturated rings. The van der Waals surface area contributed by atoms with Gasteiger partial charge >= 0.3 is 0 Å². The molecule has 30 heavy (non-hydrogen) atoms. The topological polar surface area (TPSA) is 98.1 Å². The van der Waals surface area contributed by atoms with E-state index in [-0.39, 0.29) is 39.9 Å². The van der Waals surface area contributed by atoms with E-state index in [0.29, 0.717) is 3.97 Å². The van der Waals surface area contributed by atoms with E-state index in [0.717, 1.165) is 24.7 Å². The van der Waals surface area contributed by atoms with Gasteiger partial charge in [-0.1, -0.05) is 6.07 Å². The Bertz CT molecular complexity index is 1290. The summed E-state index contributed by atoms with van der Waals surface area (Å²) in [6, 6.07) is 7.24. The third kappa shape index (κ3) is 4.38. The lowest BCUT2D eigenvalue weighted by atomic mass is 10.2. The van der Waals surface area contributed by atoms with Gasteiger partial charge in [-0.25, -0.2) is 30.2 Å². The van der Waals surface area contributed by atoms with Crippen molar-refractivity contribution in [2.75, 3.05) is 13.3 Å². The van der Waals surface area contributed by atoms with Crippen LogP contribution in [0.4, 0.5) is 8.78 Å². The number of sulfone groups is 1. The lowest BCUT2D eigenvalue weighted by Gasteiger charge is -2.12. The number of hydrogen-bond acceptors (Lipinski definition) is 6. The first-order chi connectivity index (χ1) is 13.6. The third-order valence-electron chi connectivity index (χ3n) is 4.16. The van der Waals surface area contributed by atoms with Gasteiger partial charge in [-0.05, 0) is 37.4 Å². The summed E-state index contributed by atoms with van der Waals surface area (Å²) < 4.78 is 80.0. The summed E-state index contributed by atoms with van der Waals surface area (Å²) in [5.41, 5.74) is -0.866. The minimum atomic E-state index is -4.45. The minimum Gasteiger partial charge on any atom is -0.316 e. The van der Waals surface area contributed by atoms with Gasteiger partial charge in [0, 0.05) is 30.8 Å². The molecule has 0 amide bonds. The van der Waals surface area contributed by atoms with Gasteiger partial charge in [0.2, 0.25) is 5.95 Å². The molecule has 2 aromatic heterocycles. The maximum absolute atomic E-state index is 15.0. The molecule has 0 aliphatic rings. The zero-order valence-electron chi connectivity index (χ0n) is 15.8. The van der Waals surface area contributed by atoms with Crippen molar-refractivity contribution in [1.82, 2.24) is 14.3 Å². The molecule has 0 atom stereocenters. The molecule has 12 heteroatoms. The Labute approximate surface area is 179 Å². The van der Waals surface area contributed by atoms with Crippen LogP contribution in [0.15, 0.2) is 58.6 Å². The van der Waals surface area contributed by atoms with Gasteiger partial charge in [-0.15, -0.1) is 12.4 Å². The predicted octanol–water partition coefficient (Wildman–Crippen LogP) is 2.61. The van der Waals surface area contributed by atoms with Crippen LogP contribution in [0.1, 0.15) is 5.56 Å². The maximum Gasteiger partial charge on any atom is 0.268 e. The highest BCUT2D eigenvalue weighted by Gasteiger charge is 2.28. The molecule has 0 aliphatic heterocycles. The molecule has 1 aromatic carbocycles. The Morgan fingerprint density at radius 1 is 1.07 bits per heavy atom. The lowest BCUT2D eigenvalue weighted by molar-refractivity contribution is 0.575. The Morgan fingerprint density at radius 3 is 2.33 bits per heavy atom. The average molecular weight is 478 g/mol. The molecule has 0 spiro atoms. The Balaban J connectivity index is 0.00000320. The maximum atomic E-state index is 15.0. The van der Waals surface area contributed by atoms with Crippen LogP contribution in [0.3, 0.4) is 0 Å². The van der Waals surface area contributed by atoms with Gasteiger partial charge in [-0.3, -0.25) is 0 Å². The van der Waals surface area contributed by atoms with Gasteiger partial charge in [0.15, 0.2) is 15.7 Å². The van der Waals surface area contributed by atoms with Gasteiger partial charge in [-0.2, -0.15) is 4.39 Å². The Hall–Kier alpha value is -2.34. The first-order valence-corrected chi connectivity index (χ1v) is 11.6. The molecule has 2 heterocycles. The van der Waals surface area contributed by atoms with Crippen molar-refractivity contribution in [2.24, 2.45) is 0 Å². The summed E-state index contributed by atoms with van der Waals surface area (Å²) in [5.74, 6) is -1.96. The van der Waals surface area contributed by atoms with Crippen molar-refractivity contribution in [1.29, 1.82) is 0 Å². The van der Waals surface area contributed by atoms with E-state index < -0.39 is 37.3 Å². The molecule has 0 saturated heterocycles. The van der Waals surface area contributed by atoms with Gasteiger partial charge in [0.1, 0.15) is 5.69 Å². The van der Waals surface area contributed by atoms with Gasteiger partial charge in [0.05, 0.1) is 15.4 Å². The van der Waals surface area contributed by atoms with Crippen LogP contribution in [0, 0.1) is 11.8 Å². The Kier molecular flexibility index (Phi) is 7.02. The molecule has 3 rings (SSSR count). The van der Waals surface area contributed by atoms with E-state index in [9.17, 15) is 21.2 Å². The van der Waals surface area contributed by atoms with Crippen LogP contribution in [0.25, 0.3) is 11.3 Å². The third-order valence-corrected chi connectivity index (χ3v) is 6.92. The SMILES string of the molecule is CNCc1cn(S(=O)(=O)c2cccc(S(C)(=O)=O)c2)c(-c2cccnc2F)c1F.Cl. The molecule has 0 bridgehead atoms. The molecule has 0 radical (unpaired) electrons.